The highest BCUT2D eigenvalue weighted by Gasteiger charge is 2.29. The molecule has 4 N–H and O–H groups in total. The number of alkyl carbamates (subject to hydrolysis) is 1. The first-order chi connectivity index (χ1) is 61.0. The average molecular weight is 1850 g/mol. The van der Waals surface area contributed by atoms with Crippen molar-refractivity contribution in [3.05, 3.63) is 85.1 Å². The maximum Gasteiger partial charge on any atom is 0.416 e. The van der Waals surface area contributed by atoms with Crippen LogP contribution in [0.1, 0.15) is 26.7 Å². The van der Waals surface area contributed by atoms with Crippen molar-refractivity contribution in [2.45, 2.75) is 26.7 Å². The summed E-state index contributed by atoms with van der Waals surface area (Å²) in [6, 6.07) is 0. The van der Waals surface area contributed by atoms with Crippen molar-refractivity contribution in [1.82, 2.24) is 40.9 Å². The van der Waals surface area contributed by atoms with Crippen LogP contribution in [0.5, 0.6) is 0 Å². The molecule has 2 aliphatic rings. The highest BCUT2D eigenvalue weighted by atomic mass is 16.6. The molecule has 1 unspecified atom stereocenters. The SMILES string of the molecule is COC(=O)/C=C/C(=O)OCC(=O)CC(C)C(C)=O.COC(=O)/C=C/C(=O)OCC(=O)N1CCNCC1.COC(=O)/C=C/C(=O)OCC(=O)N1CCOC1=O.COC(=O)/C=C/C(=O)OCC(=O)NC(=O)OC.COC(=O)/C=C/C(=O)OCC(=O)NCCC(=O)OC.COC(=O)/C=C/C(=O)OCC(=O)NCCN(C)C.COCCN(CCOC)C(=O)COC(=O)/C=C/C(=O)OC. The van der Waals surface area contributed by atoms with E-state index >= 15 is 0 Å². The van der Waals surface area contributed by atoms with Gasteiger partial charge in [-0.2, -0.15) is 0 Å². The Balaban J connectivity index is -0.000000464. The molecule has 0 radical (unpaired) electrons. The van der Waals surface area contributed by atoms with E-state index < -0.39 is 158 Å². The van der Waals surface area contributed by atoms with Crippen molar-refractivity contribution in [1.29, 1.82) is 0 Å². The standard InChI is InChI=1S/C13H21NO7.C12H16O6.C11H16N2O5.C11H18N2O5.C11H15NO7.C10H11NO7.C9H11NO7/c1-18-8-6-14(7-9-19-2)11(15)10-21-13(17)5-4-12(16)20-3;1-8(9(2)13)6-10(14)7-18-12(16)5-4-11(15)17-3;1-17-10(15)2-3-11(16)18-8-9(14)13-6-4-12-5-7-13;1-13(2)7-6-12-9(14)8-18-11(16)5-4-10(15)17-3;1-17-9(14)3-4-11(16)19-7-8(13)12-6-5-10(15)18-2;1-16-8(13)2-3-9(14)18-6-7(12)11-4-5-17-10(11)15;1-15-7(12)3-4-8(13)17-5-6(11)10-9(14)16-2/h4-5H,6-10H2,1-3H3;4-5,8H,6-7H2,1-3H3;2-3,12H,4-8H2,1H3;4-5H,6-8H2,1-3H3,(H,12,14);3-4H,5-7H2,1-2H3,(H,12,13);2-3H,4-6H2,1H3;3-4H,5H2,1-2H3,(H,10,11,14)/b2*5-4+;3-2+;5-4+;4-3+;3-2+;4-3+. The highest BCUT2D eigenvalue weighted by Crippen LogP contribution is 2.06. The van der Waals surface area contributed by atoms with Gasteiger partial charge in [-0.3, -0.25) is 48.5 Å². The first-order valence-electron chi connectivity index (χ1n) is 36.9. The summed E-state index contributed by atoms with van der Waals surface area (Å²) in [5.41, 5.74) is 0. The lowest BCUT2D eigenvalue weighted by atomic mass is 10.0. The van der Waals surface area contributed by atoms with Gasteiger partial charge in [-0.15, -0.1) is 0 Å². The number of hydrogen-bond donors (Lipinski definition) is 4. The molecule has 2 heterocycles. The number of imide groups is 2. The monoisotopic (exact) mass is 1850 g/mol. The fourth-order valence-corrected chi connectivity index (χ4v) is 6.96. The van der Waals surface area contributed by atoms with Crippen LogP contribution < -0.4 is 21.3 Å². The molecule has 0 aliphatic carbocycles. The Morgan fingerprint density at radius 3 is 1.04 bits per heavy atom. The van der Waals surface area contributed by atoms with E-state index in [-0.39, 0.29) is 75.1 Å². The minimum atomic E-state index is -0.962. The molecule has 0 aromatic carbocycles. The summed E-state index contributed by atoms with van der Waals surface area (Å²) >= 11 is 0. The number of Topliss-reactive ketones (excluding diaryl/α,β-unsaturated/α-hetero) is 2. The third-order valence-electron chi connectivity index (χ3n) is 13.8. The van der Waals surface area contributed by atoms with Crippen LogP contribution >= 0.6 is 0 Å². The van der Waals surface area contributed by atoms with Crippen molar-refractivity contribution in [2.75, 3.05) is 224 Å². The molecule has 0 spiro atoms. The predicted molar refractivity (Wildman–Crippen MR) is 429 cm³/mol. The second-order valence-electron chi connectivity index (χ2n) is 23.5. The number of hydrogen-bond acceptors (Lipinski definition) is 46. The Labute approximate surface area is 738 Å². The molecule has 2 aliphatic heterocycles. The van der Waals surface area contributed by atoms with Crippen molar-refractivity contribution < 1.29 is 210 Å². The number of carbonyl (C=O) groups excluding carboxylic acids is 25. The van der Waals surface area contributed by atoms with Gasteiger partial charge in [-0.1, -0.05) is 6.92 Å². The summed E-state index contributed by atoms with van der Waals surface area (Å²) in [7, 11) is 17.3. The summed E-state index contributed by atoms with van der Waals surface area (Å²) in [4.78, 5) is 281. The maximum atomic E-state index is 11.9. The average Bonchev–Trinajstić information content (AvgIpc) is 1.75. The Kier molecular flexibility index (Phi) is 75.2. The molecule has 52 heteroatoms. The molecule has 0 saturated carbocycles. The molecule has 0 aromatic heterocycles. The van der Waals surface area contributed by atoms with Crippen molar-refractivity contribution in [2.24, 2.45) is 5.92 Å². The largest absolute Gasteiger partial charge is 0.469 e. The highest BCUT2D eigenvalue weighted by molar-refractivity contribution is 5.99. The number of likely N-dealkylation sites (N-methyl/N-ethyl adjacent to an activating group) is 1. The quantitative estimate of drug-likeness (QED) is 0.0252. The van der Waals surface area contributed by atoms with Crippen LogP contribution in [0.15, 0.2) is 85.1 Å². The molecule has 8 amide bonds. The maximum absolute atomic E-state index is 11.9. The first-order valence-corrected chi connectivity index (χ1v) is 36.9. The number of carbonyl (C=O) groups is 25. The predicted octanol–water partition coefficient (Wildman–Crippen LogP) is -5.23. The van der Waals surface area contributed by atoms with Gasteiger partial charge < -0.3 is 121 Å². The van der Waals surface area contributed by atoms with Crippen molar-refractivity contribution in [3.8, 4) is 0 Å². The molecule has 0 bridgehead atoms. The molecular formula is C77H108N8O44. The van der Waals surface area contributed by atoms with E-state index in [2.05, 4.69) is 87.0 Å². The van der Waals surface area contributed by atoms with Crippen LogP contribution in [0.3, 0.4) is 0 Å². The Bertz CT molecular complexity index is 3900. The molecule has 129 heavy (non-hydrogen) atoms. The van der Waals surface area contributed by atoms with Gasteiger partial charge in [-0.25, -0.2) is 81.6 Å². The summed E-state index contributed by atoms with van der Waals surface area (Å²) in [5.74, 6) is -15.0. The lowest BCUT2D eigenvalue weighted by molar-refractivity contribution is -0.149. The number of methoxy groups -OCH3 is 11. The zero-order valence-corrected chi connectivity index (χ0v) is 73.5. The number of piperazine rings is 1. The first kappa shape index (κ1) is 123. The third kappa shape index (κ3) is 76.6. The van der Waals surface area contributed by atoms with E-state index in [1.165, 1.54) is 61.6 Å². The third-order valence-corrected chi connectivity index (χ3v) is 13.8. The molecular weight excluding hydrogens is 1740 g/mol. The van der Waals surface area contributed by atoms with Gasteiger partial charge in [0.1, 0.15) is 19.0 Å². The minimum absolute atomic E-state index is 0.0262. The number of ketones is 2. The van der Waals surface area contributed by atoms with E-state index in [1.807, 2.05) is 19.0 Å². The molecule has 52 nitrogen and oxygen atoms in total. The molecule has 0 aromatic rings. The van der Waals surface area contributed by atoms with E-state index in [0.717, 1.165) is 131 Å². The number of amides is 8. The smallest absolute Gasteiger partial charge is 0.416 e. The van der Waals surface area contributed by atoms with E-state index in [9.17, 15) is 120 Å². The topological polar surface area (TPSA) is 663 Å². The summed E-state index contributed by atoms with van der Waals surface area (Å²) in [6.07, 6.45) is 10.6. The minimum Gasteiger partial charge on any atom is -0.469 e. The fourth-order valence-electron chi connectivity index (χ4n) is 6.96. The van der Waals surface area contributed by atoms with Crippen molar-refractivity contribution >= 4 is 149 Å². The second kappa shape index (κ2) is 79.1. The number of esters is 15. The zero-order valence-electron chi connectivity index (χ0n) is 73.5. The Hall–Kier alpha value is -14.8. The number of ether oxygens (including phenoxy) is 19. The number of rotatable bonds is 43. The van der Waals surface area contributed by atoms with E-state index in [1.54, 1.807) is 17.1 Å². The molecule has 2 rings (SSSR count). The van der Waals surface area contributed by atoms with E-state index in [0.29, 0.717) is 52.5 Å². The summed E-state index contributed by atoms with van der Waals surface area (Å²) in [5, 5.41) is 9.80. The Morgan fingerprint density at radius 1 is 0.395 bits per heavy atom. The number of nitrogens with one attached hydrogen (secondary N) is 4. The van der Waals surface area contributed by atoms with Gasteiger partial charge in [0.2, 0.25) is 0 Å². The number of cyclic esters (lactones) is 1. The van der Waals surface area contributed by atoms with Gasteiger partial charge >= 0.3 is 102 Å². The van der Waals surface area contributed by atoms with Crippen LogP contribution in [0, 0.1) is 5.92 Å². The summed E-state index contributed by atoms with van der Waals surface area (Å²) < 4.78 is 84.8. The van der Waals surface area contributed by atoms with Crippen LogP contribution in [0.4, 0.5) is 9.59 Å². The molecule has 2 fully saturated rings. The Morgan fingerprint density at radius 2 is 0.721 bits per heavy atom. The zero-order chi connectivity index (χ0) is 99.0. The van der Waals surface area contributed by atoms with Crippen LogP contribution in [0.2, 0.25) is 0 Å². The lowest BCUT2D eigenvalue weighted by Crippen LogP contribution is -2.47. The van der Waals surface area contributed by atoms with Crippen LogP contribution in [-0.2, 0) is 200 Å². The molecule has 2 saturated heterocycles. The molecule has 720 valence electrons. The lowest BCUT2D eigenvalue weighted by Gasteiger charge is -2.27. The van der Waals surface area contributed by atoms with Gasteiger partial charge in [0.05, 0.1) is 90.2 Å². The number of nitrogens with zero attached hydrogens (tertiary/aromatic N) is 4. The normalized spacial score (nSPS) is 11.7. The second-order valence-corrected chi connectivity index (χ2v) is 23.5. The van der Waals surface area contributed by atoms with Gasteiger partial charge in [0.15, 0.2) is 45.4 Å². The van der Waals surface area contributed by atoms with Gasteiger partial charge in [-0.05, 0) is 21.0 Å². The molecule has 1 atom stereocenters. The summed E-state index contributed by atoms with van der Waals surface area (Å²) in [6.45, 7) is 5.39. The van der Waals surface area contributed by atoms with Gasteiger partial charge in [0, 0.05) is 171 Å². The van der Waals surface area contributed by atoms with E-state index in [4.69, 9.17) is 18.9 Å². The van der Waals surface area contributed by atoms with Crippen molar-refractivity contribution in [3.63, 3.8) is 0 Å². The van der Waals surface area contributed by atoms with Crippen LogP contribution in [0.25, 0.3) is 0 Å². The fraction of sp³-hybridized carbons (Fsp3) is 0.494. The van der Waals surface area contributed by atoms with Gasteiger partial charge in [0.25, 0.3) is 35.4 Å². The van der Waals surface area contributed by atoms with Crippen LogP contribution in [-0.4, -0.2) is 392 Å².